The van der Waals surface area contributed by atoms with Crippen molar-refractivity contribution >= 4 is 17.8 Å². The number of esters is 1. The Labute approximate surface area is 162 Å². The van der Waals surface area contributed by atoms with Crippen LogP contribution in [0.4, 0.5) is 0 Å². The van der Waals surface area contributed by atoms with Crippen LogP contribution in [0.15, 0.2) is 40.9 Å². The zero-order chi connectivity index (χ0) is 19.5. The molecule has 1 aliphatic heterocycles. The molecule has 1 saturated heterocycles. The Hall–Kier alpha value is -2.96. The number of fused-ring (bicyclic) bond motifs is 1. The number of carbonyl (C=O) groups excluding carboxylic acids is 3. The first-order chi connectivity index (χ1) is 13.6. The third-order valence-electron chi connectivity index (χ3n) is 5.47. The van der Waals surface area contributed by atoms with Gasteiger partial charge in [0.1, 0.15) is 12.3 Å². The van der Waals surface area contributed by atoms with Crippen LogP contribution < -0.4 is 0 Å². The molecule has 2 atom stereocenters. The maximum absolute atomic E-state index is 12.4. The molecule has 2 amide bonds. The van der Waals surface area contributed by atoms with Crippen LogP contribution in [0.2, 0.25) is 0 Å². The van der Waals surface area contributed by atoms with Crippen molar-refractivity contribution in [2.45, 2.75) is 38.7 Å². The molecule has 28 heavy (non-hydrogen) atoms. The largest absolute Gasteiger partial charge is 0.459 e. The summed E-state index contributed by atoms with van der Waals surface area (Å²) in [6.45, 7) is 0.0693. The summed E-state index contributed by atoms with van der Waals surface area (Å²) in [5.74, 6) is -0.520. The number of nitrogens with zero attached hydrogens (tertiary/aromatic N) is 2. The minimum atomic E-state index is -0.472. The predicted octanol–water partition coefficient (Wildman–Crippen LogP) is 2.95. The second-order valence-corrected chi connectivity index (χ2v) is 7.28. The normalized spacial score (nSPS) is 21.6. The third kappa shape index (κ3) is 3.69. The smallest absolute Gasteiger partial charge is 0.307 e. The predicted molar refractivity (Wildman–Crippen MR) is 98.5 cm³/mol. The molecular formula is C21H22N2O5. The number of benzene rings is 1. The highest BCUT2D eigenvalue weighted by Gasteiger charge is 2.47. The van der Waals surface area contributed by atoms with Gasteiger partial charge in [0.05, 0.1) is 18.3 Å². The van der Waals surface area contributed by atoms with E-state index in [-0.39, 0.29) is 43.2 Å². The fourth-order valence-corrected chi connectivity index (χ4v) is 4.00. The summed E-state index contributed by atoms with van der Waals surface area (Å²) in [7, 11) is 0. The molecule has 2 heterocycles. The summed E-state index contributed by atoms with van der Waals surface area (Å²) < 4.78 is 10.5. The number of amides is 2. The van der Waals surface area contributed by atoms with Gasteiger partial charge in [0.25, 0.3) is 0 Å². The Bertz CT molecular complexity index is 852. The molecule has 4 rings (SSSR count). The molecule has 146 valence electrons. The Morgan fingerprint density at radius 1 is 1.11 bits per heavy atom. The van der Waals surface area contributed by atoms with Gasteiger partial charge < -0.3 is 9.26 Å². The quantitative estimate of drug-likeness (QED) is 0.564. The minimum Gasteiger partial charge on any atom is -0.459 e. The highest BCUT2D eigenvalue weighted by atomic mass is 16.5. The van der Waals surface area contributed by atoms with Crippen molar-refractivity contribution in [3.8, 4) is 11.3 Å². The van der Waals surface area contributed by atoms with E-state index in [9.17, 15) is 14.4 Å². The van der Waals surface area contributed by atoms with Gasteiger partial charge in [-0.1, -0.05) is 48.3 Å². The van der Waals surface area contributed by atoms with Gasteiger partial charge in [0, 0.05) is 18.2 Å². The number of hydrogen-bond donors (Lipinski definition) is 0. The maximum atomic E-state index is 12.4. The van der Waals surface area contributed by atoms with Crippen LogP contribution >= 0.6 is 0 Å². The van der Waals surface area contributed by atoms with E-state index in [0.717, 1.165) is 31.2 Å². The van der Waals surface area contributed by atoms with E-state index in [0.29, 0.717) is 11.5 Å². The molecule has 0 radical (unpaired) electrons. The van der Waals surface area contributed by atoms with Crippen LogP contribution in [0, 0.1) is 11.8 Å². The molecule has 0 unspecified atom stereocenters. The van der Waals surface area contributed by atoms with E-state index in [1.807, 2.05) is 30.3 Å². The molecule has 7 nitrogen and oxygen atoms in total. The fourth-order valence-electron chi connectivity index (χ4n) is 4.00. The Morgan fingerprint density at radius 2 is 1.79 bits per heavy atom. The second-order valence-electron chi connectivity index (χ2n) is 7.28. The van der Waals surface area contributed by atoms with Crippen LogP contribution in [0.3, 0.4) is 0 Å². The molecule has 2 fully saturated rings. The summed E-state index contributed by atoms with van der Waals surface area (Å²) in [5.41, 5.74) is 1.40. The monoisotopic (exact) mass is 382 g/mol. The maximum Gasteiger partial charge on any atom is 0.307 e. The average molecular weight is 382 g/mol. The van der Waals surface area contributed by atoms with Crippen LogP contribution in [-0.4, -0.2) is 34.4 Å². The molecule has 1 aliphatic carbocycles. The van der Waals surface area contributed by atoms with E-state index >= 15 is 0 Å². The number of ether oxygens (including phenoxy) is 1. The number of likely N-dealkylation sites (tertiary alicyclic amines) is 1. The van der Waals surface area contributed by atoms with Gasteiger partial charge in [-0.3, -0.25) is 19.3 Å². The molecule has 0 spiro atoms. The van der Waals surface area contributed by atoms with Crippen LogP contribution in [-0.2, 0) is 25.7 Å². The molecule has 1 saturated carbocycles. The van der Waals surface area contributed by atoms with Crippen LogP contribution in [0.25, 0.3) is 11.3 Å². The second kappa shape index (κ2) is 7.96. The highest BCUT2D eigenvalue weighted by Crippen LogP contribution is 2.38. The lowest BCUT2D eigenvalue weighted by Gasteiger charge is -2.19. The van der Waals surface area contributed by atoms with Gasteiger partial charge in [-0.05, 0) is 12.8 Å². The Balaban J connectivity index is 1.27. The van der Waals surface area contributed by atoms with Gasteiger partial charge in [-0.2, -0.15) is 0 Å². The summed E-state index contributed by atoms with van der Waals surface area (Å²) >= 11 is 0. The van der Waals surface area contributed by atoms with Crippen molar-refractivity contribution in [2.75, 3.05) is 6.54 Å². The van der Waals surface area contributed by atoms with Crippen molar-refractivity contribution < 1.29 is 23.6 Å². The standard InChI is InChI=1S/C21H22N2O5/c24-19(10-11-23-20(25)16-8-4-5-9-17(16)21(23)26)27-13-15-12-18(28-22-15)14-6-2-1-3-7-14/h1-3,6-7,12,16-17H,4-5,8-11,13H2/t16-,17-/m0/s1. The minimum absolute atomic E-state index is 0.0116. The number of hydrogen-bond acceptors (Lipinski definition) is 6. The zero-order valence-electron chi connectivity index (χ0n) is 15.5. The summed E-state index contributed by atoms with van der Waals surface area (Å²) in [6.07, 6.45) is 3.50. The van der Waals surface area contributed by atoms with E-state index in [1.165, 1.54) is 4.90 Å². The van der Waals surface area contributed by atoms with E-state index in [4.69, 9.17) is 9.26 Å². The zero-order valence-corrected chi connectivity index (χ0v) is 15.5. The SMILES string of the molecule is O=C(CCN1C(=O)[C@H]2CCCC[C@@H]2C1=O)OCc1cc(-c2ccccc2)on1. The van der Waals surface area contributed by atoms with Crippen molar-refractivity contribution in [1.82, 2.24) is 10.1 Å². The molecule has 7 heteroatoms. The fraction of sp³-hybridized carbons (Fsp3) is 0.429. The molecule has 1 aromatic carbocycles. The molecule has 2 aliphatic rings. The number of aromatic nitrogens is 1. The first kappa shape index (κ1) is 18.4. The highest BCUT2D eigenvalue weighted by molar-refractivity contribution is 6.05. The first-order valence-corrected chi connectivity index (χ1v) is 9.65. The summed E-state index contributed by atoms with van der Waals surface area (Å²) in [4.78, 5) is 38.1. The molecule has 2 aromatic rings. The van der Waals surface area contributed by atoms with Gasteiger partial charge in [-0.25, -0.2) is 0 Å². The van der Waals surface area contributed by atoms with E-state index in [1.54, 1.807) is 6.07 Å². The van der Waals surface area contributed by atoms with Gasteiger partial charge in [-0.15, -0.1) is 0 Å². The average Bonchev–Trinajstić information content (AvgIpc) is 3.30. The van der Waals surface area contributed by atoms with Crippen molar-refractivity contribution in [1.29, 1.82) is 0 Å². The molecule has 0 N–H and O–H groups in total. The van der Waals surface area contributed by atoms with Gasteiger partial charge in [0.15, 0.2) is 5.76 Å². The Kier molecular flexibility index (Phi) is 5.23. The summed E-state index contributed by atoms with van der Waals surface area (Å²) in [6, 6.07) is 11.2. The lowest BCUT2D eigenvalue weighted by molar-refractivity contribution is -0.146. The van der Waals surface area contributed by atoms with Gasteiger partial charge >= 0.3 is 5.97 Å². The lowest BCUT2D eigenvalue weighted by atomic mass is 9.81. The van der Waals surface area contributed by atoms with Crippen LogP contribution in [0.5, 0.6) is 0 Å². The topological polar surface area (TPSA) is 89.7 Å². The first-order valence-electron chi connectivity index (χ1n) is 9.65. The Morgan fingerprint density at radius 3 is 2.46 bits per heavy atom. The van der Waals surface area contributed by atoms with Crippen molar-refractivity contribution in [2.24, 2.45) is 11.8 Å². The van der Waals surface area contributed by atoms with E-state index in [2.05, 4.69) is 5.16 Å². The lowest BCUT2D eigenvalue weighted by Crippen LogP contribution is -2.33. The van der Waals surface area contributed by atoms with Gasteiger partial charge in [0.2, 0.25) is 11.8 Å². The van der Waals surface area contributed by atoms with E-state index < -0.39 is 5.97 Å². The number of imide groups is 1. The molecular weight excluding hydrogens is 360 g/mol. The third-order valence-corrected chi connectivity index (χ3v) is 5.47. The summed E-state index contributed by atoms with van der Waals surface area (Å²) in [5, 5.41) is 3.90. The molecule has 1 aromatic heterocycles. The van der Waals surface area contributed by atoms with Crippen LogP contribution in [0.1, 0.15) is 37.8 Å². The number of rotatable bonds is 6. The number of carbonyl (C=O) groups is 3. The molecule has 0 bridgehead atoms. The van der Waals surface area contributed by atoms with Crippen molar-refractivity contribution in [3.63, 3.8) is 0 Å². The van der Waals surface area contributed by atoms with Crippen molar-refractivity contribution in [3.05, 3.63) is 42.1 Å².